The second-order valence-corrected chi connectivity index (χ2v) is 6.41. The lowest BCUT2D eigenvalue weighted by Gasteiger charge is -2.32. The number of alkyl halides is 2. The van der Waals surface area contributed by atoms with Crippen molar-refractivity contribution < 1.29 is 19.8 Å². The summed E-state index contributed by atoms with van der Waals surface area (Å²) in [7, 11) is 0. The molecule has 0 aliphatic heterocycles. The van der Waals surface area contributed by atoms with Gasteiger partial charge in [0.05, 0.1) is 0 Å². The predicted octanol–water partition coefficient (Wildman–Crippen LogP) is 4.07. The van der Waals surface area contributed by atoms with E-state index < -0.39 is 22.8 Å². The van der Waals surface area contributed by atoms with E-state index in [4.69, 9.17) is 23.2 Å². The number of unbranched alkanes of at least 4 members (excludes halogenated alkanes) is 2. The number of halogens is 2. The SMILES string of the molecule is O=C(O)C1(CCCCCl)C=CC(CCCCCl)(C(=O)O)C=C1. The first-order chi connectivity index (χ1) is 10.4. The molecule has 0 aromatic heterocycles. The van der Waals surface area contributed by atoms with Crippen molar-refractivity contribution in [1.29, 1.82) is 0 Å². The largest absolute Gasteiger partial charge is 0.480 e. The third-order valence-corrected chi connectivity index (χ3v) is 4.64. The zero-order chi connectivity index (χ0) is 16.6. The fourth-order valence-corrected chi connectivity index (χ4v) is 2.94. The van der Waals surface area contributed by atoms with E-state index in [2.05, 4.69) is 0 Å². The Morgan fingerprint density at radius 2 is 1.05 bits per heavy atom. The van der Waals surface area contributed by atoms with Gasteiger partial charge in [0.15, 0.2) is 0 Å². The van der Waals surface area contributed by atoms with Gasteiger partial charge in [0.2, 0.25) is 0 Å². The molecule has 4 nitrogen and oxygen atoms in total. The van der Waals surface area contributed by atoms with E-state index in [0.29, 0.717) is 37.4 Å². The summed E-state index contributed by atoms with van der Waals surface area (Å²) in [6, 6.07) is 0. The van der Waals surface area contributed by atoms with Crippen LogP contribution in [0.4, 0.5) is 0 Å². The molecule has 0 aromatic rings. The van der Waals surface area contributed by atoms with E-state index in [1.807, 2.05) is 0 Å². The quantitative estimate of drug-likeness (QED) is 0.354. The van der Waals surface area contributed by atoms with Crippen molar-refractivity contribution >= 4 is 35.1 Å². The number of rotatable bonds is 10. The Balaban J connectivity index is 2.91. The molecule has 0 amide bonds. The molecule has 0 bridgehead atoms. The van der Waals surface area contributed by atoms with Crippen LogP contribution < -0.4 is 0 Å². The maximum atomic E-state index is 11.6. The highest BCUT2D eigenvalue weighted by atomic mass is 35.5. The summed E-state index contributed by atoms with van der Waals surface area (Å²) in [6.45, 7) is 0. The summed E-state index contributed by atoms with van der Waals surface area (Å²) in [5.41, 5.74) is -2.25. The molecule has 1 aliphatic carbocycles. The third kappa shape index (κ3) is 4.50. The first kappa shape index (κ1) is 19.0. The monoisotopic (exact) mass is 348 g/mol. The van der Waals surface area contributed by atoms with Crippen LogP contribution in [-0.4, -0.2) is 33.9 Å². The zero-order valence-corrected chi connectivity index (χ0v) is 13.9. The van der Waals surface area contributed by atoms with Gasteiger partial charge in [-0.1, -0.05) is 37.1 Å². The number of carbonyl (C=O) groups is 2. The molecule has 0 unspecified atom stereocenters. The van der Waals surface area contributed by atoms with Gasteiger partial charge in [-0.15, -0.1) is 23.2 Å². The van der Waals surface area contributed by atoms with Gasteiger partial charge in [0, 0.05) is 11.8 Å². The molecule has 0 saturated heterocycles. The van der Waals surface area contributed by atoms with Crippen LogP contribution in [-0.2, 0) is 9.59 Å². The molecule has 0 saturated carbocycles. The maximum Gasteiger partial charge on any atom is 0.317 e. The Labute approximate surface area is 140 Å². The summed E-state index contributed by atoms with van der Waals surface area (Å²) in [5.74, 6) is -0.954. The van der Waals surface area contributed by atoms with Gasteiger partial charge in [-0.2, -0.15) is 0 Å². The predicted molar refractivity (Wildman–Crippen MR) is 87.6 cm³/mol. The molecule has 0 atom stereocenters. The second kappa shape index (κ2) is 8.59. The van der Waals surface area contributed by atoms with E-state index in [1.54, 1.807) is 0 Å². The number of hydrogen-bond donors (Lipinski definition) is 2. The minimum Gasteiger partial charge on any atom is -0.480 e. The normalized spacial score (nSPS) is 27.0. The van der Waals surface area contributed by atoms with Crippen LogP contribution in [0, 0.1) is 10.8 Å². The Morgan fingerprint density at radius 1 is 0.727 bits per heavy atom. The Hall–Kier alpha value is -1.00. The summed E-state index contributed by atoms with van der Waals surface area (Å²) in [4.78, 5) is 23.2. The van der Waals surface area contributed by atoms with Crippen LogP contribution in [0.2, 0.25) is 0 Å². The smallest absolute Gasteiger partial charge is 0.317 e. The van der Waals surface area contributed by atoms with Gasteiger partial charge in [-0.25, -0.2) is 0 Å². The van der Waals surface area contributed by atoms with E-state index in [9.17, 15) is 19.8 Å². The van der Waals surface area contributed by atoms with Crippen molar-refractivity contribution in [3.8, 4) is 0 Å². The molecular formula is C16H22Cl2O4. The summed E-state index contributed by atoms with van der Waals surface area (Å²) in [5, 5.41) is 19.0. The highest BCUT2D eigenvalue weighted by Crippen LogP contribution is 2.40. The van der Waals surface area contributed by atoms with Crippen LogP contribution >= 0.6 is 23.2 Å². The average Bonchev–Trinajstić information content (AvgIpc) is 2.49. The first-order valence-corrected chi connectivity index (χ1v) is 8.49. The fourth-order valence-electron chi connectivity index (χ4n) is 2.56. The van der Waals surface area contributed by atoms with E-state index in [0.717, 1.165) is 12.8 Å². The average molecular weight is 349 g/mol. The van der Waals surface area contributed by atoms with Gasteiger partial charge in [0.25, 0.3) is 0 Å². The van der Waals surface area contributed by atoms with E-state index >= 15 is 0 Å². The lowest BCUT2D eigenvalue weighted by atomic mass is 9.71. The van der Waals surface area contributed by atoms with E-state index in [-0.39, 0.29) is 0 Å². The van der Waals surface area contributed by atoms with Crippen molar-refractivity contribution in [2.45, 2.75) is 38.5 Å². The van der Waals surface area contributed by atoms with Crippen molar-refractivity contribution in [2.75, 3.05) is 11.8 Å². The number of carboxylic acid groups (broad SMARTS) is 2. The Bertz CT molecular complexity index is 403. The van der Waals surface area contributed by atoms with Gasteiger partial charge >= 0.3 is 11.9 Å². The molecule has 0 spiro atoms. The summed E-state index contributed by atoms with van der Waals surface area (Å²) in [6.07, 6.45) is 9.76. The second-order valence-electron chi connectivity index (χ2n) is 5.65. The molecule has 22 heavy (non-hydrogen) atoms. The molecule has 0 fully saturated rings. The lowest BCUT2D eigenvalue weighted by Crippen LogP contribution is -2.35. The molecule has 1 aliphatic rings. The molecular weight excluding hydrogens is 327 g/mol. The Kier molecular flexibility index (Phi) is 7.43. The summed E-state index contributed by atoms with van der Waals surface area (Å²) >= 11 is 11.3. The van der Waals surface area contributed by atoms with Crippen molar-refractivity contribution in [1.82, 2.24) is 0 Å². The molecule has 0 radical (unpaired) electrons. The number of carboxylic acids is 2. The van der Waals surface area contributed by atoms with Gasteiger partial charge in [-0.05, 0) is 25.7 Å². The molecule has 0 heterocycles. The first-order valence-electron chi connectivity index (χ1n) is 7.42. The third-order valence-electron chi connectivity index (χ3n) is 4.10. The highest BCUT2D eigenvalue weighted by Gasteiger charge is 2.41. The molecule has 1 rings (SSSR count). The van der Waals surface area contributed by atoms with Crippen LogP contribution in [0.1, 0.15) is 38.5 Å². The standard InChI is InChI=1S/C16H22Cl2O4/c17-11-3-1-5-15(13(19)20)7-9-16(10-8-15,14(21)22)6-2-4-12-18/h7-10H,1-6,11-12H2,(H,19,20)(H,21,22). The molecule has 6 heteroatoms. The highest BCUT2D eigenvalue weighted by molar-refractivity contribution is 6.18. The van der Waals surface area contributed by atoms with Crippen LogP contribution in [0.5, 0.6) is 0 Å². The van der Waals surface area contributed by atoms with E-state index in [1.165, 1.54) is 24.3 Å². The summed E-state index contributed by atoms with van der Waals surface area (Å²) < 4.78 is 0. The van der Waals surface area contributed by atoms with Crippen LogP contribution in [0.3, 0.4) is 0 Å². The van der Waals surface area contributed by atoms with Crippen LogP contribution in [0.25, 0.3) is 0 Å². The topological polar surface area (TPSA) is 74.6 Å². The minimum atomic E-state index is -1.13. The minimum absolute atomic E-state index is 0.416. The van der Waals surface area contributed by atoms with Crippen molar-refractivity contribution in [3.63, 3.8) is 0 Å². The maximum absolute atomic E-state index is 11.6. The van der Waals surface area contributed by atoms with Crippen molar-refractivity contribution in [2.24, 2.45) is 10.8 Å². The molecule has 2 N–H and O–H groups in total. The zero-order valence-electron chi connectivity index (χ0n) is 12.4. The van der Waals surface area contributed by atoms with Gasteiger partial charge in [0.1, 0.15) is 10.8 Å². The molecule has 124 valence electrons. The van der Waals surface area contributed by atoms with Gasteiger partial charge < -0.3 is 10.2 Å². The lowest BCUT2D eigenvalue weighted by molar-refractivity contribution is -0.146. The Morgan fingerprint density at radius 3 is 1.27 bits per heavy atom. The van der Waals surface area contributed by atoms with Gasteiger partial charge in [-0.3, -0.25) is 9.59 Å². The fraction of sp³-hybridized carbons (Fsp3) is 0.625. The van der Waals surface area contributed by atoms with Crippen molar-refractivity contribution in [3.05, 3.63) is 24.3 Å². The molecule has 0 aromatic carbocycles. The number of aliphatic carboxylic acids is 2. The van der Waals surface area contributed by atoms with Crippen LogP contribution in [0.15, 0.2) is 24.3 Å². The number of hydrogen-bond acceptors (Lipinski definition) is 2.